The van der Waals surface area contributed by atoms with Crippen LogP contribution in [0.4, 0.5) is 0 Å². The van der Waals surface area contributed by atoms with Crippen molar-refractivity contribution in [2.45, 2.75) is 18.9 Å². The van der Waals surface area contributed by atoms with Crippen molar-refractivity contribution in [1.29, 1.82) is 0 Å². The van der Waals surface area contributed by atoms with Gasteiger partial charge in [0.25, 0.3) is 0 Å². The van der Waals surface area contributed by atoms with E-state index in [1.807, 2.05) is 24.3 Å². The molecule has 0 amide bonds. The van der Waals surface area contributed by atoms with Gasteiger partial charge in [0.2, 0.25) is 0 Å². The smallest absolute Gasteiger partial charge is 0.187 e. The van der Waals surface area contributed by atoms with Gasteiger partial charge in [0.1, 0.15) is 0 Å². The largest absolute Gasteiger partial charge is 0.376 e. The lowest BCUT2D eigenvalue weighted by molar-refractivity contribution is 0.114. The number of benzene rings is 2. The Bertz CT molecular complexity index is 675. The second-order valence-corrected chi connectivity index (χ2v) is 5.69. The minimum atomic E-state index is 0.266. The van der Waals surface area contributed by atoms with Crippen LogP contribution in [0.2, 0.25) is 0 Å². The minimum absolute atomic E-state index is 0.266. The molecule has 0 spiro atoms. The third-order valence-corrected chi connectivity index (χ3v) is 3.94. The van der Waals surface area contributed by atoms with Crippen molar-refractivity contribution in [3.63, 3.8) is 0 Å². The van der Waals surface area contributed by atoms with E-state index in [-0.39, 0.29) is 6.10 Å². The summed E-state index contributed by atoms with van der Waals surface area (Å²) in [4.78, 5) is 0. The molecule has 5 heteroatoms. The van der Waals surface area contributed by atoms with Crippen molar-refractivity contribution in [1.82, 2.24) is 10.7 Å². The fourth-order valence-corrected chi connectivity index (χ4v) is 2.71. The predicted molar refractivity (Wildman–Crippen MR) is 94.3 cm³/mol. The number of hydrogen-bond donors (Lipinski definition) is 2. The Kier molecular flexibility index (Phi) is 4.98. The van der Waals surface area contributed by atoms with Gasteiger partial charge in [0, 0.05) is 18.7 Å². The first-order valence-electron chi connectivity index (χ1n) is 7.49. The van der Waals surface area contributed by atoms with Gasteiger partial charge in [-0.25, -0.2) is 0 Å². The van der Waals surface area contributed by atoms with Gasteiger partial charge in [0.15, 0.2) is 5.11 Å². The first kappa shape index (κ1) is 14.9. The summed E-state index contributed by atoms with van der Waals surface area (Å²) in [5, 5.41) is 10.2. The lowest BCUT2D eigenvalue weighted by Crippen LogP contribution is -2.37. The molecule has 0 saturated carbocycles. The lowest BCUT2D eigenvalue weighted by atomic mass is 10.1. The van der Waals surface area contributed by atoms with Gasteiger partial charge in [-0.1, -0.05) is 42.5 Å². The van der Waals surface area contributed by atoms with Gasteiger partial charge in [-0.3, -0.25) is 5.43 Å². The van der Waals surface area contributed by atoms with E-state index >= 15 is 0 Å². The zero-order valence-corrected chi connectivity index (χ0v) is 13.1. The molecule has 114 valence electrons. The Morgan fingerprint density at radius 2 is 2.14 bits per heavy atom. The number of ether oxygens (including phenoxy) is 1. The summed E-state index contributed by atoms with van der Waals surface area (Å²) in [6.07, 6.45) is 4.28. The van der Waals surface area contributed by atoms with Crippen LogP contribution in [0, 0.1) is 0 Å². The van der Waals surface area contributed by atoms with Crippen molar-refractivity contribution < 1.29 is 4.74 Å². The summed E-state index contributed by atoms with van der Waals surface area (Å²) in [5.74, 6) is 0. The second kappa shape index (κ2) is 7.33. The molecule has 1 fully saturated rings. The molecule has 0 radical (unpaired) electrons. The fraction of sp³-hybridized carbons (Fsp3) is 0.294. The normalized spacial score (nSPS) is 17.9. The Balaban J connectivity index is 1.55. The van der Waals surface area contributed by atoms with E-state index in [1.54, 1.807) is 6.21 Å². The number of nitrogens with one attached hydrogen (secondary N) is 2. The van der Waals surface area contributed by atoms with Crippen LogP contribution in [-0.4, -0.2) is 30.6 Å². The maximum atomic E-state index is 5.54. The van der Waals surface area contributed by atoms with E-state index in [2.05, 4.69) is 34.0 Å². The highest BCUT2D eigenvalue weighted by Gasteiger charge is 2.14. The van der Waals surface area contributed by atoms with Gasteiger partial charge in [-0.2, -0.15) is 5.10 Å². The first-order chi connectivity index (χ1) is 10.8. The minimum Gasteiger partial charge on any atom is -0.376 e. The van der Waals surface area contributed by atoms with Crippen molar-refractivity contribution in [2.75, 3.05) is 13.2 Å². The molecule has 2 aromatic carbocycles. The summed E-state index contributed by atoms with van der Waals surface area (Å²) in [6, 6.07) is 14.4. The highest BCUT2D eigenvalue weighted by Crippen LogP contribution is 2.16. The maximum Gasteiger partial charge on any atom is 0.187 e. The van der Waals surface area contributed by atoms with Crippen LogP contribution in [-0.2, 0) is 4.74 Å². The monoisotopic (exact) mass is 313 g/mol. The molecule has 0 bridgehead atoms. The summed E-state index contributed by atoms with van der Waals surface area (Å²) in [7, 11) is 0. The molecule has 2 aromatic rings. The standard InChI is InChI=1S/C17H19N3OS/c22-17(18-12-15-8-4-10-21-15)20-19-11-14-7-3-6-13-5-1-2-9-16(13)14/h1-3,5-7,9,11,15H,4,8,10,12H2,(H2,18,20,22)/b19-11-/t15-/m0/s1. The van der Waals surface area contributed by atoms with E-state index < -0.39 is 0 Å². The summed E-state index contributed by atoms with van der Waals surface area (Å²) < 4.78 is 5.54. The molecule has 1 heterocycles. The summed E-state index contributed by atoms with van der Waals surface area (Å²) in [6.45, 7) is 1.58. The zero-order chi connectivity index (χ0) is 15.2. The molecular formula is C17H19N3OS. The molecule has 22 heavy (non-hydrogen) atoms. The fourth-order valence-electron chi connectivity index (χ4n) is 2.57. The van der Waals surface area contributed by atoms with Crippen molar-refractivity contribution in [3.05, 3.63) is 48.0 Å². The molecule has 1 saturated heterocycles. The number of rotatable bonds is 4. The Hall–Kier alpha value is -1.98. The maximum absolute atomic E-state index is 5.54. The lowest BCUT2D eigenvalue weighted by Gasteiger charge is -2.11. The second-order valence-electron chi connectivity index (χ2n) is 5.28. The predicted octanol–water partition coefficient (Wildman–Crippen LogP) is 2.82. The topological polar surface area (TPSA) is 45.6 Å². The van der Waals surface area contributed by atoms with Crippen LogP contribution < -0.4 is 10.7 Å². The van der Waals surface area contributed by atoms with E-state index in [0.29, 0.717) is 5.11 Å². The molecule has 0 aliphatic carbocycles. The van der Waals surface area contributed by atoms with Crippen LogP contribution in [0.15, 0.2) is 47.6 Å². The summed E-state index contributed by atoms with van der Waals surface area (Å²) >= 11 is 5.21. The highest BCUT2D eigenvalue weighted by atomic mass is 32.1. The van der Waals surface area contributed by atoms with Gasteiger partial charge in [-0.15, -0.1) is 0 Å². The average Bonchev–Trinajstić information content (AvgIpc) is 3.07. The molecule has 0 aromatic heterocycles. The molecular weight excluding hydrogens is 294 g/mol. The highest BCUT2D eigenvalue weighted by molar-refractivity contribution is 7.80. The van der Waals surface area contributed by atoms with Gasteiger partial charge >= 0.3 is 0 Å². The van der Waals surface area contributed by atoms with E-state index in [1.165, 1.54) is 10.8 Å². The molecule has 1 aliphatic rings. The number of hydrogen-bond acceptors (Lipinski definition) is 3. The van der Waals surface area contributed by atoms with Gasteiger partial charge in [-0.05, 0) is 35.8 Å². The number of fused-ring (bicyclic) bond motifs is 1. The van der Waals surface area contributed by atoms with E-state index in [9.17, 15) is 0 Å². The van der Waals surface area contributed by atoms with Crippen molar-refractivity contribution >= 4 is 34.3 Å². The Morgan fingerprint density at radius 1 is 1.27 bits per heavy atom. The molecule has 4 nitrogen and oxygen atoms in total. The van der Waals surface area contributed by atoms with Gasteiger partial charge in [0.05, 0.1) is 12.3 Å². The van der Waals surface area contributed by atoms with Gasteiger partial charge < -0.3 is 10.1 Å². The number of hydrazone groups is 1. The van der Waals surface area contributed by atoms with Crippen LogP contribution in [0.5, 0.6) is 0 Å². The van der Waals surface area contributed by atoms with E-state index in [0.717, 1.165) is 31.6 Å². The molecule has 1 atom stereocenters. The third-order valence-electron chi connectivity index (χ3n) is 3.71. The van der Waals surface area contributed by atoms with Crippen LogP contribution in [0.25, 0.3) is 10.8 Å². The molecule has 2 N–H and O–H groups in total. The summed E-state index contributed by atoms with van der Waals surface area (Å²) in [5.41, 5.74) is 3.92. The van der Waals surface area contributed by atoms with Crippen molar-refractivity contribution in [3.8, 4) is 0 Å². The average molecular weight is 313 g/mol. The Labute approximate surface area is 135 Å². The molecule has 1 aliphatic heterocycles. The van der Waals surface area contributed by atoms with Crippen molar-refractivity contribution in [2.24, 2.45) is 5.10 Å². The first-order valence-corrected chi connectivity index (χ1v) is 7.90. The SMILES string of the molecule is S=C(NC[C@@H]1CCCO1)N/N=C\c1cccc2ccccc12. The zero-order valence-electron chi connectivity index (χ0n) is 12.3. The quantitative estimate of drug-likeness (QED) is 0.518. The van der Waals surface area contributed by atoms with Crippen LogP contribution >= 0.6 is 12.2 Å². The molecule has 3 rings (SSSR count). The Morgan fingerprint density at radius 3 is 3.00 bits per heavy atom. The van der Waals surface area contributed by atoms with E-state index in [4.69, 9.17) is 17.0 Å². The van der Waals surface area contributed by atoms with Crippen LogP contribution in [0.3, 0.4) is 0 Å². The van der Waals surface area contributed by atoms with Crippen LogP contribution in [0.1, 0.15) is 18.4 Å². The third kappa shape index (κ3) is 3.81. The number of nitrogens with zero attached hydrogens (tertiary/aromatic N) is 1. The molecule has 0 unspecified atom stereocenters. The number of thiocarbonyl (C=S) groups is 1.